The number of allylic oxidation sites excluding steroid dienone is 3. The van der Waals surface area contributed by atoms with Gasteiger partial charge in [-0.1, -0.05) is 170 Å². The van der Waals surface area contributed by atoms with Gasteiger partial charge >= 0.3 is 6.18 Å². The second-order valence-corrected chi connectivity index (χ2v) is 29.0. The maximum Gasteiger partial charge on any atom is 0.416 e. The SMILES string of the molecule is CC(C)=CC(CC(C)(C)c1ccc(C(F)(F)F)cc1)N1CCC(OC(C)C)CC1.CC(C)=CC(CC(C)(C)c1ccc(Cl)cc1)N1CCC(C2CCN(C)CC2)CC1.CC(C)=CC(N)CC(C)(C)c1ccc(C)cc1.CCN(CC)CC(C)C. The number of hydrogen-bond donors (Lipinski definition) is 1. The Morgan fingerprint density at radius 3 is 1.29 bits per heavy atom. The van der Waals surface area contributed by atoms with E-state index in [9.17, 15) is 13.2 Å². The van der Waals surface area contributed by atoms with E-state index < -0.39 is 11.7 Å². The van der Waals surface area contributed by atoms with Gasteiger partial charge in [-0.25, -0.2) is 0 Å². The highest BCUT2D eigenvalue weighted by atomic mass is 35.5. The first kappa shape index (κ1) is 75.0. The molecule has 0 spiro atoms. The molecule has 10 heteroatoms. The Bertz CT molecular complexity index is 2370. The molecule has 3 unspecified atom stereocenters. The topological polar surface area (TPSA) is 48.2 Å². The predicted molar refractivity (Wildman–Crippen MR) is 359 cm³/mol. The van der Waals surface area contributed by atoms with Crippen LogP contribution in [0.15, 0.2) is 108 Å². The molecule has 0 bridgehead atoms. The summed E-state index contributed by atoms with van der Waals surface area (Å²) in [6.45, 7) is 52.3. The molecular formula is C74H121ClF3N5O. The number of ether oxygens (including phenoxy) is 1. The minimum Gasteiger partial charge on any atom is -0.375 e. The Labute approximate surface area is 518 Å². The maximum absolute atomic E-state index is 12.9. The molecule has 6 nitrogen and oxygen atoms in total. The number of likely N-dealkylation sites (tertiary alicyclic amines) is 3. The van der Waals surface area contributed by atoms with Gasteiger partial charge in [0.2, 0.25) is 0 Å². The second-order valence-electron chi connectivity index (χ2n) is 28.6. The summed E-state index contributed by atoms with van der Waals surface area (Å²) in [4.78, 5) is 10.2. The fraction of sp³-hybridized carbons (Fsp3) is 0.676. The van der Waals surface area contributed by atoms with Gasteiger partial charge in [-0.15, -0.1) is 0 Å². The minimum atomic E-state index is -4.30. The van der Waals surface area contributed by atoms with Gasteiger partial charge in [-0.05, 0) is 241 Å². The molecule has 0 saturated carbocycles. The van der Waals surface area contributed by atoms with Crippen molar-refractivity contribution in [1.82, 2.24) is 19.6 Å². The van der Waals surface area contributed by atoms with Crippen molar-refractivity contribution in [2.24, 2.45) is 23.5 Å². The van der Waals surface area contributed by atoms with Crippen molar-refractivity contribution in [3.63, 3.8) is 0 Å². The van der Waals surface area contributed by atoms with Crippen LogP contribution >= 0.6 is 11.6 Å². The summed E-state index contributed by atoms with van der Waals surface area (Å²) >= 11 is 6.12. The number of halogens is 4. The zero-order valence-electron chi connectivity index (χ0n) is 56.8. The fourth-order valence-corrected chi connectivity index (χ4v) is 12.9. The number of aryl methyl sites for hydroxylation is 1. The highest BCUT2D eigenvalue weighted by Crippen LogP contribution is 2.38. The Balaban J connectivity index is 0.000000316. The lowest BCUT2D eigenvalue weighted by molar-refractivity contribution is -0.137. The van der Waals surface area contributed by atoms with Crippen molar-refractivity contribution in [3.8, 4) is 0 Å². The Morgan fingerprint density at radius 2 is 0.929 bits per heavy atom. The molecule has 3 saturated heterocycles. The van der Waals surface area contributed by atoms with Gasteiger partial charge in [-0.2, -0.15) is 13.2 Å². The van der Waals surface area contributed by atoms with Gasteiger partial charge in [0, 0.05) is 42.8 Å². The average Bonchev–Trinajstić information content (AvgIpc) is 3.49. The molecule has 0 aromatic heterocycles. The van der Waals surface area contributed by atoms with Gasteiger partial charge in [0.25, 0.3) is 0 Å². The summed E-state index contributed by atoms with van der Waals surface area (Å²) in [6, 6.07) is 23.8. The third-order valence-electron chi connectivity index (χ3n) is 17.6. The third kappa shape index (κ3) is 27.4. The second kappa shape index (κ2) is 35.6. The lowest BCUT2D eigenvalue weighted by Crippen LogP contribution is -2.45. The van der Waals surface area contributed by atoms with Crippen LogP contribution < -0.4 is 5.73 Å². The molecule has 84 heavy (non-hydrogen) atoms. The number of rotatable bonds is 21. The lowest BCUT2D eigenvalue weighted by Gasteiger charge is -2.43. The molecule has 3 fully saturated rings. The first-order valence-electron chi connectivity index (χ1n) is 32.4. The zero-order valence-corrected chi connectivity index (χ0v) is 57.5. The van der Waals surface area contributed by atoms with Crippen LogP contribution in [-0.4, -0.2) is 116 Å². The first-order chi connectivity index (χ1) is 39.1. The minimum absolute atomic E-state index is 0.124. The van der Waals surface area contributed by atoms with E-state index in [0.717, 1.165) is 73.5 Å². The number of nitrogens with two attached hydrogens (primary N) is 1. The summed E-state index contributed by atoms with van der Waals surface area (Å²) in [5.41, 5.74) is 14.6. The van der Waals surface area contributed by atoms with E-state index in [1.165, 1.54) is 117 Å². The molecule has 0 aliphatic carbocycles. The van der Waals surface area contributed by atoms with E-state index in [0.29, 0.717) is 12.1 Å². The molecule has 3 aliphatic heterocycles. The quantitative estimate of drug-likeness (QED) is 0.107. The van der Waals surface area contributed by atoms with Crippen LogP contribution in [0.1, 0.15) is 210 Å². The van der Waals surface area contributed by atoms with Crippen molar-refractivity contribution >= 4 is 11.6 Å². The largest absolute Gasteiger partial charge is 0.416 e. The van der Waals surface area contributed by atoms with E-state index in [2.05, 4.69) is 213 Å². The monoisotopic (exact) mass is 1190 g/mol. The van der Waals surface area contributed by atoms with Gasteiger partial charge < -0.3 is 20.3 Å². The normalized spacial score (nSPS) is 17.7. The van der Waals surface area contributed by atoms with Crippen LogP contribution in [0.3, 0.4) is 0 Å². The van der Waals surface area contributed by atoms with Crippen LogP contribution in [0.25, 0.3) is 0 Å². The van der Waals surface area contributed by atoms with Gasteiger partial charge in [0.05, 0.1) is 17.8 Å². The smallest absolute Gasteiger partial charge is 0.375 e. The highest BCUT2D eigenvalue weighted by molar-refractivity contribution is 6.30. The number of piperidine rings is 3. The van der Waals surface area contributed by atoms with E-state index in [-0.39, 0.29) is 34.4 Å². The average molecular weight is 1190 g/mol. The molecule has 0 amide bonds. The number of benzene rings is 3. The standard InChI is InChI=1S/C26H41ClN2.C24H36F3NO.C16H25N.C8H19N/c1-20(2)18-25(19-26(3,4)23-6-8-24(27)9-7-23)29-16-12-22(13-17-29)21-10-14-28(5)15-11-21;1-17(2)15-21(28-13-11-22(12-14-28)29-18(3)4)16-23(5,6)19-7-9-20(10-8-19)24(25,26)27;1-12(2)10-15(17)11-16(4,5)14-8-6-13(3)7-9-14;1-5-9(6-2)7-8(3)4/h6-9,18,21-22,25H,10-17,19H2,1-5H3;7-10,15,18,21-22H,11-14,16H2,1-6H3;6-10,15H,11,17H2,1-5H3;8H,5-7H2,1-4H3. The van der Waals surface area contributed by atoms with Crippen LogP contribution in [0.2, 0.25) is 5.02 Å². The first-order valence-corrected chi connectivity index (χ1v) is 32.8. The fourth-order valence-electron chi connectivity index (χ4n) is 12.8. The van der Waals surface area contributed by atoms with E-state index in [1.807, 2.05) is 12.1 Å². The van der Waals surface area contributed by atoms with Gasteiger partial charge in [0.15, 0.2) is 0 Å². The summed E-state index contributed by atoms with van der Waals surface area (Å²) in [6.07, 6.45) is 13.8. The van der Waals surface area contributed by atoms with Gasteiger partial charge in [-0.3, -0.25) is 9.80 Å². The number of alkyl halides is 3. The van der Waals surface area contributed by atoms with Crippen LogP contribution in [0, 0.1) is 24.7 Å². The molecule has 3 aromatic carbocycles. The van der Waals surface area contributed by atoms with Crippen LogP contribution in [0.4, 0.5) is 13.2 Å². The Hall–Kier alpha value is -3.28. The third-order valence-corrected chi connectivity index (χ3v) is 17.9. The molecule has 2 N–H and O–H groups in total. The number of hydrogen-bond acceptors (Lipinski definition) is 6. The molecular weight excluding hydrogens is 1070 g/mol. The molecule has 3 heterocycles. The summed E-state index contributed by atoms with van der Waals surface area (Å²) < 4.78 is 44.7. The maximum atomic E-state index is 12.9. The summed E-state index contributed by atoms with van der Waals surface area (Å²) in [7, 11) is 2.27. The van der Waals surface area contributed by atoms with Crippen LogP contribution in [0.5, 0.6) is 0 Å². The molecule has 3 atom stereocenters. The number of nitrogens with zero attached hydrogens (tertiary/aromatic N) is 4. The van der Waals surface area contributed by atoms with Crippen molar-refractivity contribution in [3.05, 3.63) is 141 Å². The Morgan fingerprint density at radius 1 is 0.571 bits per heavy atom. The van der Waals surface area contributed by atoms with Crippen molar-refractivity contribution in [2.75, 3.05) is 66.0 Å². The summed E-state index contributed by atoms with van der Waals surface area (Å²) in [5, 5.41) is 0.821. The molecule has 6 rings (SSSR count). The van der Waals surface area contributed by atoms with Crippen molar-refractivity contribution in [1.29, 1.82) is 0 Å². The lowest BCUT2D eigenvalue weighted by atomic mass is 9.76. The van der Waals surface area contributed by atoms with Gasteiger partial charge in [0.1, 0.15) is 0 Å². The molecule has 476 valence electrons. The van der Waals surface area contributed by atoms with E-state index in [1.54, 1.807) is 12.1 Å². The van der Waals surface area contributed by atoms with E-state index >= 15 is 0 Å². The Kier molecular flexibility index (Phi) is 31.8. The summed E-state index contributed by atoms with van der Waals surface area (Å²) in [5.74, 6) is 2.71. The van der Waals surface area contributed by atoms with Crippen LogP contribution in [-0.2, 0) is 27.2 Å². The van der Waals surface area contributed by atoms with Crippen molar-refractivity contribution < 1.29 is 17.9 Å². The molecule has 0 radical (unpaired) electrons. The molecule has 3 aromatic rings. The zero-order chi connectivity index (χ0) is 63.2. The molecule has 3 aliphatic rings. The highest BCUT2D eigenvalue weighted by Gasteiger charge is 2.35. The van der Waals surface area contributed by atoms with E-state index in [4.69, 9.17) is 22.1 Å². The predicted octanol–water partition coefficient (Wildman–Crippen LogP) is 18.9. The van der Waals surface area contributed by atoms with Crippen molar-refractivity contribution in [2.45, 2.75) is 242 Å².